The van der Waals surface area contributed by atoms with Crippen LogP contribution in [0.2, 0.25) is 5.02 Å². The monoisotopic (exact) mass is 356 g/mol. The normalized spacial score (nSPS) is 14.9. The summed E-state index contributed by atoms with van der Waals surface area (Å²) in [5.74, 6) is 0. The van der Waals surface area contributed by atoms with Crippen LogP contribution in [-0.4, -0.2) is 11.0 Å². The summed E-state index contributed by atoms with van der Waals surface area (Å²) in [6.45, 7) is 3.01. The van der Waals surface area contributed by atoms with Crippen molar-refractivity contribution in [3.8, 4) is 10.6 Å². The first kappa shape index (κ1) is 13.6. The van der Waals surface area contributed by atoms with Crippen molar-refractivity contribution in [2.45, 2.75) is 32.4 Å². The zero-order valence-corrected chi connectivity index (χ0v) is 13.7. The van der Waals surface area contributed by atoms with Gasteiger partial charge in [-0.15, -0.1) is 11.3 Å². The SMILES string of the molecule is Cc1nc(-c2ccc(Cl)c(Br)c2)sc1CNC1CC1. The van der Waals surface area contributed by atoms with Crippen molar-refractivity contribution < 1.29 is 0 Å². The molecule has 0 radical (unpaired) electrons. The fourth-order valence-electron chi connectivity index (χ4n) is 1.87. The van der Waals surface area contributed by atoms with Gasteiger partial charge in [0.15, 0.2) is 0 Å². The van der Waals surface area contributed by atoms with Crippen molar-refractivity contribution in [2.75, 3.05) is 0 Å². The van der Waals surface area contributed by atoms with Gasteiger partial charge < -0.3 is 5.32 Å². The van der Waals surface area contributed by atoms with E-state index in [0.717, 1.165) is 38.3 Å². The molecule has 1 N–H and O–H groups in total. The highest BCUT2D eigenvalue weighted by Crippen LogP contribution is 2.32. The quantitative estimate of drug-likeness (QED) is 0.851. The van der Waals surface area contributed by atoms with Gasteiger partial charge in [0.05, 0.1) is 10.7 Å². The summed E-state index contributed by atoms with van der Waals surface area (Å²) in [7, 11) is 0. The van der Waals surface area contributed by atoms with Crippen LogP contribution in [0.25, 0.3) is 10.6 Å². The molecule has 1 heterocycles. The topological polar surface area (TPSA) is 24.9 Å². The number of hydrogen-bond donors (Lipinski definition) is 1. The first-order valence-corrected chi connectivity index (χ1v) is 8.27. The third kappa shape index (κ3) is 3.19. The van der Waals surface area contributed by atoms with Crippen LogP contribution in [0.15, 0.2) is 22.7 Å². The van der Waals surface area contributed by atoms with Crippen molar-refractivity contribution in [1.82, 2.24) is 10.3 Å². The largest absolute Gasteiger partial charge is 0.309 e. The van der Waals surface area contributed by atoms with E-state index >= 15 is 0 Å². The van der Waals surface area contributed by atoms with E-state index in [9.17, 15) is 0 Å². The molecule has 1 aromatic heterocycles. The number of benzene rings is 1. The Morgan fingerprint density at radius 3 is 2.95 bits per heavy atom. The predicted octanol–water partition coefficient (Wildman–Crippen LogP) is 4.79. The van der Waals surface area contributed by atoms with Crippen molar-refractivity contribution in [3.05, 3.63) is 38.3 Å². The first-order chi connectivity index (χ1) is 9.13. The van der Waals surface area contributed by atoms with Gasteiger partial charge in [-0.3, -0.25) is 0 Å². The van der Waals surface area contributed by atoms with Crippen LogP contribution in [-0.2, 0) is 6.54 Å². The summed E-state index contributed by atoms with van der Waals surface area (Å²) in [4.78, 5) is 5.99. The molecule has 1 aromatic carbocycles. The van der Waals surface area contributed by atoms with Crippen molar-refractivity contribution in [3.63, 3.8) is 0 Å². The Morgan fingerprint density at radius 1 is 1.47 bits per heavy atom. The van der Waals surface area contributed by atoms with Gasteiger partial charge in [-0.05, 0) is 47.8 Å². The molecular weight excluding hydrogens is 344 g/mol. The highest BCUT2D eigenvalue weighted by Gasteiger charge is 2.21. The number of hydrogen-bond acceptors (Lipinski definition) is 3. The summed E-state index contributed by atoms with van der Waals surface area (Å²) in [6.07, 6.45) is 2.63. The first-order valence-electron chi connectivity index (χ1n) is 6.28. The molecule has 1 aliphatic carbocycles. The van der Waals surface area contributed by atoms with Crippen LogP contribution < -0.4 is 5.32 Å². The van der Waals surface area contributed by atoms with Crippen LogP contribution in [0, 0.1) is 6.92 Å². The highest BCUT2D eigenvalue weighted by atomic mass is 79.9. The van der Waals surface area contributed by atoms with E-state index < -0.39 is 0 Å². The van der Waals surface area contributed by atoms with Gasteiger partial charge in [0.1, 0.15) is 5.01 Å². The zero-order chi connectivity index (χ0) is 13.4. The molecule has 0 amide bonds. The molecule has 1 aliphatic rings. The number of nitrogens with zero attached hydrogens (tertiary/aromatic N) is 1. The van der Waals surface area contributed by atoms with Crippen molar-refractivity contribution in [2.24, 2.45) is 0 Å². The highest BCUT2D eigenvalue weighted by molar-refractivity contribution is 9.10. The molecule has 3 rings (SSSR count). The lowest BCUT2D eigenvalue weighted by atomic mass is 10.2. The summed E-state index contributed by atoms with van der Waals surface area (Å²) >= 11 is 11.2. The van der Waals surface area contributed by atoms with Crippen LogP contribution in [0.4, 0.5) is 0 Å². The number of nitrogens with one attached hydrogen (secondary N) is 1. The molecule has 0 aliphatic heterocycles. The molecule has 5 heteroatoms. The summed E-state index contributed by atoms with van der Waals surface area (Å²) in [6, 6.07) is 6.68. The van der Waals surface area contributed by atoms with Crippen LogP contribution in [0.5, 0.6) is 0 Å². The van der Waals surface area contributed by atoms with Gasteiger partial charge >= 0.3 is 0 Å². The van der Waals surface area contributed by atoms with Crippen LogP contribution in [0.3, 0.4) is 0 Å². The fourth-order valence-corrected chi connectivity index (χ4v) is 3.38. The Bertz CT molecular complexity index is 607. The van der Waals surface area contributed by atoms with Gasteiger partial charge in [-0.2, -0.15) is 0 Å². The lowest BCUT2D eigenvalue weighted by Crippen LogP contribution is -2.14. The maximum atomic E-state index is 6.02. The lowest BCUT2D eigenvalue weighted by molar-refractivity contribution is 0.691. The van der Waals surface area contributed by atoms with Crippen LogP contribution in [0.1, 0.15) is 23.4 Å². The van der Waals surface area contributed by atoms with Crippen molar-refractivity contribution in [1.29, 1.82) is 0 Å². The summed E-state index contributed by atoms with van der Waals surface area (Å²) in [5.41, 5.74) is 2.24. The number of thiazole rings is 1. The molecule has 0 atom stereocenters. The molecular formula is C14H14BrClN2S. The van der Waals surface area contributed by atoms with E-state index in [1.807, 2.05) is 18.2 Å². The standard InChI is InChI=1S/C14H14BrClN2S/c1-8-13(7-17-10-3-4-10)19-14(18-8)9-2-5-12(16)11(15)6-9/h2,5-6,10,17H,3-4,7H2,1H3. The van der Waals surface area contributed by atoms with Gasteiger partial charge in [-0.25, -0.2) is 4.98 Å². The molecule has 2 nitrogen and oxygen atoms in total. The fraction of sp³-hybridized carbons (Fsp3) is 0.357. The molecule has 0 unspecified atom stereocenters. The maximum Gasteiger partial charge on any atom is 0.123 e. The number of halogens is 2. The molecule has 1 saturated carbocycles. The molecule has 100 valence electrons. The minimum absolute atomic E-state index is 0.729. The van der Waals surface area contributed by atoms with E-state index in [1.165, 1.54) is 17.7 Å². The Balaban J connectivity index is 1.83. The summed E-state index contributed by atoms with van der Waals surface area (Å²) < 4.78 is 0.914. The zero-order valence-electron chi connectivity index (χ0n) is 10.5. The van der Waals surface area contributed by atoms with Gasteiger partial charge in [-0.1, -0.05) is 17.7 Å². The third-order valence-electron chi connectivity index (χ3n) is 3.19. The van der Waals surface area contributed by atoms with Crippen LogP contribution >= 0.6 is 38.9 Å². The van der Waals surface area contributed by atoms with E-state index in [4.69, 9.17) is 11.6 Å². The van der Waals surface area contributed by atoms with E-state index in [0.29, 0.717) is 0 Å². The minimum Gasteiger partial charge on any atom is -0.309 e. The second-order valence-electron chi connectivity index (χ2n) is 4.81. The second-order valence-corrected chi connectivity index (χ2v) is 7.16. The Morgan fingerprint density at radius 2 is 2.26 bits per heavy atom. The van der Waals surface area contributed by atoms with Gasteiger partial charge in [0.2, 0.25) is 0 Å². The van der Waals surface area contributed by atoms with Gasteiger partial charge in [0, 0.05) is 27.5 Å². The molecule has 1 fully saturated rings. The molecule has 0 spiro atoms. The lowest BCUT2D eigenvalue weighted by Gasteiger charge is -2.00. The smallest absolute Gasteiger partial charge is 0.123 e. The number of aryl methyl sites for hydroxylation is 1. The molecule has 19 heavy (non-hydrogen) atoms. The second kappa shape index (κ2) is 5.52. The average Bonchev–Trinajstić information content (AvgIpc) is 3.14. The Hall–Kier alpha value is -0.420. The Labute approximate surface area is 130 Å². The maximum absolute atomic E-state index is 6.02. The van der Waals surface area contributed by atoms with E-state index in [1.54, 1.807) is 11.3 Å². The minimum atomic E-state index is 0.729. The number of rotatable bonds is 4. The molecule has 2 aromatic rings. The average molecular weight is 358 g/mol. The molecule has 0 bridgehead atoms. The summed E-state index contributed by atoms with van der Waals surface area (Å²) in [5, 5.41) is 5.33. The Kier molecular flexibility index (Phi) is 3.94. The van der Waals surface area contributed by atoms with E-state index in [2.05, 4.69) is 33.2 Å². The van der Waals surface area contributed by atoms with E-state index in [-0.39, 0.29) is 0 Å². The third-order valence-corrected chi connectivity index (χ3v) is 5.61. The van der Waals surface area contributed by atoms with Gasteiger partial charge in [0.25, 0.3) is 0 Å². The molecule has 0 saturated heterocycles. The number of aromatic nitrogens is 1. The predicted molar refractivity (Wildman–Crippen MR) is 84.9 cm³/mol. The van der Waals surface area contributed by atoms with Crippen molar-refractivity contribution >= 4 is 38.9 Å².